The van der Waals surface area contributed by atoms with Crippen LogP contribution in [0.3, 0.4) is 0 Å². The summed E-state index contributed by atoms with van der Waals surface area (Å²) in [7, 11) is 1.78. The van der Waals surface area contributed by atoms with Gasteiger partial charge in [0.1, 0.15) is 17.3 Å². The van der Waals surface area contributed by atoms with Crippen LogP contribution in [0, 0.1) is 10.1 Å². The number of benzene rings is 2. The number of hydrogen-bond donors (Lipinski definition) is 1. The van der Waals surface area contributed by atoms with Crippen molar-refractivity contribution < 1.29 is 19.2 Å². The summed E-state index contributed by atoms with van der Waals surface area (Å²) in [6.07, 6.45) is 1.59. The molecule has 0 bridgehead atoms. The molecule has 2 heterocycles. The van der Waals surface area contributed by atoms with Gasteiger partial charge < -0.3 is 14.4 Å². The van der Waals surface area contributed by atoms with Crippen molar-refractivity contribution in [2.24, 2.45) is 4.99 Å². The zero-order valence-corrected chi connectivity index (χ0v) is 16.5. The largest absolute Gasteiger partial charge is 0.508 e. The minimum Gasteiger partial charge on any atom is -0.508 e. The summed E-state index contributed by atoms with van der Waals surface area (Å²) in [5.74, 6) is 0.676. The van der Waals surface area contributed by atoms with Crippen molar-refractivity contribution >= 4 is 40.3 Å². The Balaban J connectivity index is 1.53. The molecule has 3 aromatic rings. The molecule has 0 fully saturated rings. The highest BCUT2D eigenvalue weighted by Crippen LogP contribution is 2.33. The molecule has 0 radical (unpaired) electrons. The van der Waals surface area contributed by atoms with Crippen LogP contribution in [0.5, 0.6) is 5.75 Å². The average Bonchev–Trinajstić information content (AvgIpc) is 3.35. The van der Waals surface area contributed by atoms with Gasteiger partial charge in [-0.3, -0.25) is 14.9 Å². The molecule has 0 spiro atoms. The number of nitro benzene ring substituents is 1. The van der Waals surface area contributed by atoms with Crippen LogP contribution in [0.25, 0.3) is 17.4 Å². The smallest absolute Gasteiger partial charge is 0.286 e. The van der Waals surface area contributed by atoms with Crippen LogP contribution >= 0.6 is 11.8 Å². The lowest BCUT2D eigenvalue weighted by atomic mass is 10.1. The molecular formula is C21H15N3O5S. The summed E-state index contributed by atoms with van der Waals surface area (Å²) in [5.41, 5.74) is 1.32. The molecule has 0 aliphatic carbocycles. The maximum atomic E-state index is 12.3. The number of nitrogens with zero attached hydrogens (tertiary/aromatic N) is 3. The minimum atomic E-state index is -0.466. The Kier molecular flexibility index (Phi) is 5.11. The first-order valence-corrected chi connectivity index (χ1v) is 9.62. The Morgan fingerprint density at radius 1 is 1.17 bits per heavy atom. The molecule has 1 N–H and O–H groups in total. The highest BCUT2D eigenvalue weighted by atomic mass is 32.2. The summed E-state index contributed by atoms with van der Waals surface area (Å²) in [6, 6.07) is 16.1. The van der Waals surface area contributed by atoms with Crippen LogP contribution in [0.4, 0.5) is 11.4 Å². The number of thioether (sulfide) groups is 1. The third kappa shape index (κ3) is 3.96. The van der Waals surface area contributed by atoms with Gasteiger partial charge in [-0.1, -0.05) is 12.1 Å². The zero-order chi connectivity index (χ0) is 21.3. The Bertz CT molecular complexity index is 1200. The lowest BCUT2D eigenvalue weighted by Crippen LogP contribution is -2.21. The Morgan fingerprint density at radius 2 is 1.93 bits per heavy atom. The van der Waals surface area contributed by atoms with E-state index in [1.165, 1.54) is 23.9 Å². The number of aliphatic imine (C=N–C) groups is 1. The average molecular weight is 421 g/mol. The van der Waals surface area contributed by atoms with Crippen LogP contribution < -0.4 is 4.90 Å². The van der Waals surface area contributed by atoms with Gasteiger partial charge in [-0.25, -0.2) is 0 Å². The normalized spacial score (nSPS) is 14.8. The summed E-state index contributed by atoms with van der Waals surface area (Å²) in [5, 5.41) is 20.9. The zero-order valence-electron chi connectivity index (χ0n) is 15.7. The van der Waals surface area contributed by atoms with E-state index in [4.69, 9.17) is 4.42 Å². The molecule has 0 unspecified atom stereocenters. The summed E-state index contributed by atoms with van der Waals surface area (Å²) >= 11 is 1.21. The molecule has 8 nitrogen and oxygen atoms in total. The van der Waals surface area contributed by atoms with Crippen LogP contribution in [0.2, 0.25) is 0 Å². The van der Waals surface area contributed by atoms with Crippen molar-refractivity contribution in [1.29, 1.82) is 0 Å². The van der Waals surface area contributed by atoms with E-state index in [2.05, 4.69) is 4.99 Å². The molecule has 9 heteroatoms. The van der Waals surface area contributed by atoms with Crippen LogP contribution in [-0.2, 0) is 4.79 Å². The Morgan fingerprint density at radius 3 is 2.67 bits per heavy atom. The fourth-order valence-electron chi connectivity index (χ4n) is 2.82. The number of aromatic hydroxyl groups is 1. The molecule has 2 aromatic carbocycles. The predicted molar refractivity (Wildman–Crippen MR) is 115 cm³/mol. The quantitative estimate of drug-likeness (QED) is 0.370. The summed E-state index contributed by atoms with van der Waals surface area (Å²) in [4.78, 5) is 29.0. The van der Waals surface area contributed by atoms with Gasteiger partial charge in [-0.15, -0.1) is 0 Å². The number of anilines is 1. The number of amides is 1. The molecule has 0 saturated heterocycles. The maximum absolute atomic E-state index is 12.3. The molecule has 1 aromatic heterocycles. The highest BCUT2D eigenvalue weighted by Gasteiger charge is 2.25. The molecule has 150 valence electrons. The van der Waals surface area contributed by atoms with E-state index in [-0.39, 0.29) is 17.3 Å². The standard InChI is InChI=1S/C21H15N3O5S/c1-23(14-5-7-16(25)8-6-14)21-22-20(26)19(30-21)12-17-9-10-18(29-17)13-3-2-4-15(11-13)24(27)28/h2-12,25H,1H3. The van der Waals surface area contributed by atoms with E-state index in [1.807, 2.05) is 0 Å². The number of non-ortho nitro benzene ring substituents is 1. The molecule has 1 amide bonds. The van der Waals surface area contributed by atoms with Gasteiger partial charge in [0, 0.05) is 36.5 Å². The van der Waals surface area contributed by atoms with E-state index in [9.17, 15) is 20.0 Å². The fourth-order valence-corrected chi connectivity index (χ4v) is 3.69. The first kappa shape index (κ1) is 19.5. The Hall–Kier alpha value is -3.85. The second kappa shape index (κ2) is 7.88. The number of carbonyl (C=O) groups excluding carboxylic acids is 1. The first-order chi connectivity index (χ1) is 14.4. The molecule has 1 aliphatic rings. The van der Waals surface area contributed by atoms with Crippen LogP contribution in [0.15, 0.2) is 75.0 Å². The van der Waals surface area contributed by atoms with Crippen molar-refractivity contribution in [2.75, 3.05) is 11.9 Å². The number of carbonyl (C=O) groups is 1. The van der Waals surface area contributed by atoms with E-state index in [0.717, 1.165) is 5.69 Å². The van der Waals surface area contributed by atoms with Gasteiger partial charge in [0.15, 0.2) is 5.17 Å². The van der Waals surface area contributed by atoms with E-state index < -0.39 is 4.92 Å². The SMILES string of the molecule is CN(C1=NC(=O)C(=Cc2ccc(-c3cccc([N+](=O)[O-])c3)o2)S1)c1ccc(O)cc1. The van der Waals surface area contributed by atoms with Gasteiger partial charge in [-0.2, -0.15) is 4.99 Å². The fraction of sp³-hybridized carbons (Fsp3) is 0.0476. The summed E-state index contributed by atoms with van der Waals surface area (Å²) in [6.45, 7) is 0. The number of nitro groups is 1. The second-order valence-corrected chi connectivity index (χ2v) is 7.40. The third-order valence-electron chi connectivity index (χ3n) is 4.37. The van der Waals surface area contributed by atoms with Gasteiger partial charge >= 0.3 is 0 Å². The van der Waals surface area contributed by atoms with Gasteiger partial charge in [-0.05, 0) is 48.2 Å². The van der Waals surface area contributed by atoms with Crippen molar-refractivity contribution in [3.8, 4) is 17.1 Å². The van der Waals surface area contributed by atoms with Crippen LogP contribution in [-0.4, -0.2) is 28.2 Å². The lowest BCUT2D eigenvalue weighted by Gasteiger charge is -2.17. The van der Waals surface area contributed by atoms with E-state index >= 15 is 0 Å². The molecule has 4 rings (SSSR count). The second-order valence-electron chi connectivity index (χ2n) is 6.40. The predicted octanol–water partition coefficient (Wildman–Crippen LogP) is 4.67. The summed E-state index contributed by atoms with van der Waals surface area (Å²) < 4.78 is 5.75. The molecular weight excluding hydrogens is 406 g/mol. The van der Waals surface area contributed by atoms with Crippen molar-refractivity contribution in [3.05, 3.63) is 81.4 Å². The molecule has 1 aliphatic heterocycles. The van der Waals surface area contributed by atoms with Gasteiger partial charge in [0.2, 0.25) is 0 Å². The molecule has 0 atom stereocenters. The van der Waals surface area contributed by atoms with E-state index in [0.29, 0.717) is 27.2 Å². The van der Waals surface area contributed by atoms with Crippen molar-refractivity contribution in [1.82, 2.24) is 0 Å². The van der Waals surface area contributed by atoms with Gasteiger partial charge in [0.25, 0.3) is 11.6 Å². The minimum absolute atomic E-state index is 0.0272. The van der Waals surface area contributed by atoms with Crippen molar-refractivity contribution in [2.45, 2.75) is 0 Å². The number of amidine groups is 1. The molecule has 0 saturated carbocycles. The number of phenols is 1. The van der Waals surface area contributed by atoms with Gasteiger partial charge in [0.05, 0.1) is 9.83 Å². The highest BCUT2D eigenvalue weighted by molar-refractivity contribution is 8.18. The lowest BCUT2D eigenvalue weighted by molar-refractivity contribution is -0.384. The molecule has 30 heavy (non-hydrogen) atoms. The first-order valence-electron chi connectivity index (χ1n) is 8.81. The van der Waals surface area contributed by atoms with E-state index in [1.54, 1.807) is 66.6 Å². The monoisotopic (exact) mass is 421 g/mol. The number of phenolic OH excluding ortho intramolecular Hbond substituents is 1. The van der Waals surface area contributed by atoms with Crippen molar-refractivity contribution in [3.63, 3.8) is 0 Å². The Labute approximate surface area is 175 Å². The number of furan rings is 1. The number of hydrogen-bond acceptors (Lipinski definition) is 7. The topological polar surface area (TPSA) is 109 Å². The van der Waals surface area contributed by atoms with Crippen LogP contribution in [0.1, 0.15) is 5.76 Å². The maximum Gasteiger partial charge on any atom is 0.286 e. The number of rotatable bonds is 4. The third-order valence-corrected chi connectivity index (χ3v) is 5.43.